The Labute approximate surface area is 185 Å². The normalized spacial score (nSPS) is 19.1. The number of fused-ring (bicyclic) bond motifs is 1. The van der Waals surface area contributed by atoms with Gasteiger partial charge in [-0.05, 0) is 54.4 Å². The molecule has 0 saturated carbocycles. The lowest BCUT2D eigenvalue weighted by Crippen LogP contribution is -2.59. The highest BCUT2D eigenvalue weighted by atomic mass is 35.5. The molecule has 30 heavy (non-hydrogen) atoms. The van der Waals surface area contributed by atoms with Crippen LogP contribution in [0.15, 0.2) is 60.7 Å². The molecule has 1 saturated heterocycles. The zero-order chi connectivity index (χ0) is 21.3. The maximum Gasteiger partial charge on any atom is 0.242 e. The fourth-order valence-electron chi connectivity index (χ4n) is 3.76. The van der Waals surface area contributed by atoms with Crippen molar-refractivity contribution in [1.29, 1.82) is 0 Å². The van der Waals surface area contributed by atoms with Gasteiger partial charge in [-0.25, -0.2) is 0 Å². The maximum absolute atomic E-state index is 13.4. The molecule has 3 aromatic rings. The minimum absolute atomic E-state index is 0.228. The van der Waals surface area contributed by atoms with Crippen molar-refractivity contribution in [2.75, 3.05) is 11.5 Å². The number of hydrogen-bond donors (Lipinski definition) is 2. The smallest absolute Gasteiger partial charge is 0.242 e. The molecule has 2 amide bonds. The highest BCUT2D eigenvalue weighted by Crippen LogP contribution is 2.33. The molecule has 1 heterocycles. The van der Waals surface area contributed by atoms with E-state index in [1.807, 2.05) is 43.3 Å². The molecule has 1 fully saturated rings. The van der Waals surface area contributed by atoms with Gasteiger partial charge >= 0.3 is 0 Å². The van der Waals surface area contributed by atoms with Gasteiger partial charge in [0.1, 0.15) is 11.7 Å². The number of halogens is 1. The SMILES string of the molecule is CCOc1ccc2ccccc2c1CC1C(=O)NC(S)N(c2ccc(Cl)cc2)C1=O. The molecule has 0 aliphatic carbocycles. The summed E-state index contributed by atoms with van der Waals surface area (Å²) in [7, 11) is 0. The Morgan fingerprint density at radius 3 is 2.53 bits per heavy atom. The minimum Gasteiger partial charge on any atom is -0.494 e. The number of hydrogen-bond acceptors (Lipinski definition) is 4. The summed E-state index contributed by atoms with van der Waals surface area (Å²) in [4.78, 5) is 27.7. The number of amides is 2. The van der Waals surface area contributed by atoms with Crippen LogP contribution in [0.25, 0.3) is 10.8 Å². The molecular weight excluding hydrogens is 420 g/mol. The number of ether oxygens (including phenoxy) is 1. The van der Waals surface area contributed by atoms with E-state index in [9.17, 15) is 9.59 Å². The number of rotatable bonds is 5. The molecule has 0 bridgehead atoms. The predicted molar refractivity (Wildman–Crippen MR) is 122 cm³/mol. The highest BCUT2D eigenvalue weighted by molar-refractivity contribution is 7.81. The summed E-state index contributed by atoms with van der Waals surface area (Å²) in [6, 6.07) is 18.6. The van der Waals surface area contributed by atoms with Gasteiger partial charge in [-0.15, -0.1) is 12.6 Å². The number of carbonyl (C=O) groups excluding carboxylic acids is 2. The molecule has 1 N–H and O–H groups in total. The molecule has 5 nitrogen and oxygen atoms in total. The molecular formula is C23H21ClN2O3S. The first-order valence-corrected chi connectivity index (χ1v) is 10.6. The second kappa shape index (κ2) is 8.58. The summed E-state index contributed by atoms with van der Waals surface area (Å²) in [5, 5.41) is 5.36. The summed E-state index contributed by atoms with van der Waals surface area (Å²) in [6.07, 6.45) is 0.228. The highest BCUT2D eigenvalue weighted by Gasteiger charge is 2.41. The van der Waals surface area contributed by atoms with E-state index in [0.717, 1.165) is 16.3 Å². The molecule has 0 spiro atoms. The van der Waals surface area contributed by atoms with Crippen molar-refractivity contribution in [1.82, 2.24) is 5.32 Å². The molecule has 2 unspecified atom stereocenters. The second-order valence-corrected chi connectivity index (χ2v) is 7.95. The Bertz CT molecular complexity index is 1100. The van der Waals surface area contributed by atoms with Gasteiger partial charge in [0, 0.05) is 16.3 Å². The van der Waals surface area contributed by atoms with Crippen molar-refractivity contribution < 1.29 is 14.3 Å². The summed E-state index contributed by atoms with van der Waals surface area (Å²) >= 11 is 10.4. The van der Waals surface area contributed by atoms with Gasteiger partial charge in [-0.1, -0.05) is 41.9 Å². The van der Waals surface area contributed by atoms with Crippen molar-refractivity contribution in [3.63, 3.8) is 0 Å². The van der Waals surface area contributed by atoms with Crippen LogP contribution in [0.1, 0.15) is 12.5 Å². The lowest BCUT2D eigenvalue weighted by molar-refractivity contribution is -0.136. The Balaban J connectivity index is 1.73. The van der Waals surface area contributed by atoms with E-state index in [-0.39, 0.29) is 18.2 Å². The Morgan fingerprint density at radius 2 is 1.80 bits per heavy atom. The lowest BCUT2D eigenvalue weighted by atomic mass is 9.91. The Morgan fingerprint density at radius 1 is 1.07 bits per heavy atom. The fraction of sp³-hybridized carbons (Fsp3) is 0.217. The van der Waals surface area contributed by atoms with Crippen LogP contribution in [-0.4, -0.2) is 23.9 Å². The predicted octanol–water partition coefficient (Wildman–Crippen LogP) is 4.43. The number of carbonyl (C=O) groups is 2. The number of nitrogens with zero attached hydrogens (tertiary/aromatic N) is 1. The number of thiol groups is 1. The van der Waals surface area contributed by atoms with Crippen LogP contribution in [0.3, 0.4) is 0 Å². The molecule has 7 heteroatoms. The third kappa shape index (κ3) is 3.85. The van der Waals surface area contributed by atoms with Crippen molar-refractivity contribution >= 4 is 52.5 Å². The second-order valence-electron chi connectivity index (χ2n) is 7.02. The average molecular weight is 441 g/mol. The van der Waals surface area contributed by atoms with E-state index in [2.05, 4.69) is 17.9 Å². The van der Waals surface area contributed by atoms with Crippen LogP contribution in [0.4, 0.5) is 5.69 Å². The van der Waals surface area contributed by atoms with Crippen LogP contribution in [-0.2, 0) is 16.0 Å². The molecule has 4 rings (SSSR count). The van der Waals surface area contributed by atoms with Gasteiger partial charge in [0.2, 0.25) is 11.8 Å². The number of nitrogens with one attached hydrogen (secondary N) is 1. The van der Waals surface area contributed by atoms with Crippen LogP contribution in [0.2, 0.25) is 5.02 Å². The zero-order valence-corrected chi connectivity index (χ0v) is 18.0. The molecule has 2 atom stereocenters. The van der Waals surface area contributed by atoms with Crippen LogP contribution < -0.4 is 15.0 Å². The topological polar surface area (TPSA) is 58.6 Å². The van der Waals surface area contributed by atoms with Crippen LogP contribution in [0, 0.1) is 5.92 Å². The van der Waals surface area contributed by atoms with Gasteiger partial charge in [0.15, 0.2) is 5.50 Å². The van der Waals surface area contributed by atoms with Crippen LogP contribution in [0.5, 0.6) is 5.75 Å². The van der Waals surface area contributed by atoms with E-state index in [1.165, 1.54) is 4.90 Å². The molecule has 1 aliphatic rings. The first-order valence-electron chi connectivity index (χ1n) is 9.70. The quantitative estimate of drug-likeness (QED) is 0.456. The minimum atomic E-state index is -0.894. The zero-order valence-electron chi connectivity index (χ0n) is 16.3. The van der Waals surface area contributed by atoms with E-state index < -0.39 is 11.4 Å². The Kier molecular flexibility index (Phi) is 5.88. The van der Waals surface area contributed by atoms with Gasteiger partial charge in [0.05, 0.1) is 6.61 Å². The van der Waals surface area contributed by atoms with Crippen molar-refractivity contribution in [2.45, 2.75) is 18.8 Å². The van der Waals surface area contributed by atoms with Crippen molar-refractivity contribution in [3.05, 3.63) is 71.2 Å². The number of benzene rings is 3. The van der Waals surface area contributed by atoms with Crippen LogP contribution >= 0.6 is 24.2 Å². The Hall–Kier alpha value is -2.70. The summed E-state index contributed by atoms with van der Waals surface area (Å²) < 4.78 is 5.82. The van der Waals surface area contributed by atoms with E-state index in [0.29, 0.717) is 23.1 Å². The number of anilines is 1. The van der Waals surface area contributed by atoms with Gasteiger partial charge < -0.3 is 10.1 Å². The fourth-order valence-corrected chi connectivity index (χ4v) is 4.26. The van der Waals surface area contributed by atoms with E-state index in [4.69, 9.17) is 16.3 Å². The average Bonchev–Trinajstić information content (AvgIpc) is 2.73. The standard InChI is InChI=1S/C23H21ClN2O3S/c1-2-29-20-12-7-14-5-3-4-6-17(14)18(20)13-19-21(27)25-23(30)26(22(19)28)16-10-8-15(24)9-11-16/h3-12,19,23,30H,2,13H2,1H3,(H,25,27). The summed E-state index contributed by atoms with van der Waals surface area (Å²) in [5.74, 6) is -0.867. The maximum atomic E-state index is 13.4. The van der Waals surface area contributed by atoms with Gasteiger partial charge in [-0.3, -0.25) is 14.5 Å². The first-order chi connectivity index (χ1) is 14.5. The van der Waals surface area contributed by atoms with Crippen molar-refractivity contribution in [3.8, 4) is 5.75 Å². The van der Waals surface area contributed by atoms with E-state index in [1.54, 1.807) is 24.3 Å². The first kappa shape index (κ1) is 20.6. The van der Waals surface area contributed by atoms with Gasteiger partial charge in [0.25, 0.3) is 0 Å². The molecule has 1 aliphatic heterocycles. The summed E-state index contributed by atoms with van der Waals surface area (Å²) in [5.41, 5.74) is 0.718. The summed E-state index contributed by atoms with van der Waals surface area (Å²) in [6.45, 7) is 2.40. The van der Waals surface area contributed by atoms with Crippen molar-refractivity contribution in [2.24, 2.45) is 5.92 Å². The van der Waals surface area contributed by atoms with Gasteiger partial charge in [-0.2, -0.15) is 0 Å². The molecule has 0 aromatic heterocycles. The third-order valence-corrected chi connectivity index (χ3v) is 5.79. The molecule has 154 valence electrons. The molecule has 3 aromatic carbocycles. The molecule has 0 radical (unpaired) electrons. The largest absolute Gasteiger partial charge is 0.494 e. The van der Waals surface area contributed by atoms with E-state index >= 15 is 0 Å². The lowest BCUT2D eigenvalue weighted by Gasteiger charge is -2.37. The third-order valence-electron chi connectivity index (χ3n) is 5.18. The monoisotopic (exact) mass is 440 g/mol.